The van der Waals surface area contributed by atoms with Gasteiger partial charge in [-0.25, -0.2) is 0 Å². The lowest BCUT2D eigenvalue weighted by Gasteiger charge is -2.37. The molecule has 1 saturated carbocycles. The number of hydrogen-bond donors (Lipinski definition) is 2. The third-order valence-corrected chi connectivity index (χ3v) is 4.43. The Bertz CT molecular complexity index is 356. The van der Waals surface area contributed by atoms with E-state index in [1.807, 2.05) is 11.8 Å². The van der Waals surface area contributed by atoms with E-state index in [2.05, 4.69) is 5.32 Å². The fraction of sp³-hybridized carbons (Fsp3) is 0.857. The summed E-state index contributed by atoms with van der Waals surface area (Å²) >= 11 is 0. The van der Waals surface area contributed by atoms with Crippen molar-refractivity contribution in [3.63, 3.8) is 0 Å². The van der Waals surface area contributed by atoms with Crippen molar-refractivity contribution in [1.82, 2.24) is 10.2 Å². The maximum atomic E-state index is 12.4. The first-order chi connectivity index (χ1) is 8.91. The summed E-state index contributed by atoms with van der Waals surface area (Å²) < 4.78 is 0. The van der Waals surface area contributed by atoms with Crippen LogP contribution in [0.15, 0.2) is 0 Å². The number of hydrogen-bond acceptors (Lipinski definition) is 3. The van der Waals surface area contributed by atoms with Gasteiger partial charge >= 0.3 is 0 Å². The average Bonchev–Trinajstić information content (AvgIpc) is 3.20. The topological polar surface area (TPSA) is 75.4 Å². The van der Waals surface area contributed by atoms with Crippen molar-refractivity contribution >= 4 is 11.8 Å². The molecule has 0 aromatic rings. The van der Waals surface area contributed by atoms with Gasteiger partial charge in [-0.2, -0.15) is 0 Å². The number of nitrogens with one attached hydrogen (secondary N) is 1. The molecule has 1 saturated heterocycles. The Morgan fingerprint density at radius 3 is 2.32 bits per heavy atom. The van der Waals surface area contributed by atoms with E-state index in [0.29, 0.717) is 11.8 Å². The molecule has 0 radical (unpaired) electrons. The second-order valence-corrected chi connectivity index (χ2v) is 6.23. The second kappa shape index (κ2) is 5.49. The van der Waals surface area contributed by atoms with E-state index >= 15 is 0 Å². The fourth-order valence-corrected chi connectivity index (χ4v) is 2.83. The highest BCUT2D eigenvalue weighted by Crippen LogP contribution is 2.39. The Morgan fingerprint density at radius 1 is 1.26 bits per heavy atom. The van der Waals surface area contributed by atoms with Gasteiger partial charge in [-0.3, -0.25) is 9.59 Å². The van der Waals surface area contributed by atoms with E-state index in [4.69, 9.17) is 5.73 Å². The molecular formula is C14H25N3O2. The predicted octanol–water partition coefficient (Wildman–Crippen LogP) is 0.489. The van der Waals surface area contributed by atoms with Crippen LogP contribution in [0.1, 0.15) is 39.5 Å². The second-order valence-electron chi connectivity index (χ2n) is 6.23. The summed E-state index contributed by atoms with van der Waals surface area (Å²) in [7, 11) is 0. The van der Waals surface area contributed by atoms with Gasteiger partial charge in [0.1, 0.15) is 0 Å². The number of rotatable bonds is 4. The molecule has 1 atom stereocenters. The molecule has 0 aromatic heterocycles. The van der Waals surface area contributed by atoms with Gasteiger partial charge in [0, 0.05) is 26.6 Å². The van der Waals surface area contributed by atoms with Gasteiger partial charge in [0.2, 0.25) is 11.8 Å². The van der Waals surface area contributed by atoms with Crippen LogP contribution in [0.5, 0.6) is 0 Å². The summed E-state index contributed by atoms with van der Waals surface area (Å²) in [5, 5.41) is 2.85. The molecule has 2 fully saturated rings. The Hall–Kier alpha value is -1.10. The molecule has 0 spiro atoms. The van der Waals surface area contributed by atoms with Crippen molar-refractivity contribution < 1.29 is 9.59 Å². The van der Waals surface area contributed by atoms with Crippen LogP contribution in [0, 0.1) is 11.8 Å². The first kappa shape index (κ1) is 14.3. The Kier molecular flexibility index (Phi) is 4.13. The number of carbonyl (C=O) groups excluding carboxylic acids is 2. The highest BCUT2D eigenvalue weighted by molar-refractivity contribution is 5.86. The van der Waals surface area contributed by atoms with Crippen LogP contribution in [-0.2, 0) is 9.59 Å². The highest BCUT2D eigenvalue weighted by atomic mass is 16.2. The summed E-state index contributed by atoms with van der Waals surface area (Å²) in [6.07, 6.45) is 4.06. The van der Waals surface area contributed by atoms with Crippen molar-refractivity contribution in [3.05, 3.63) is 0 Å². The minimum atomic E-state index is -0.676. The number of piperidine rings is 1. The van der Waals surface area contributed by atoms with Crippen LogP contribution in [0.2, 0.25) is 0 Å². The SMILES string of the molecule is CC(=O)NCC1CCN(C(=O)C(C)(N)C2CC2)CC1. The van der Waals surface area contributed by atoms with Crippen molar-refractivity contribution in [2.75, 3.05) is 19.6 Å². The van der Waals surface area contributed by atoms with Crippen LogP contribution in [-0.4, -0.2) is 41.9 Å². The van der Waals surface area contributed by atoms with Crippen molar-refractivity contribution in [3.8, 4) is 0 Å². The van der Waals surface area contributed by atoms with Crippen molar-refractivity contribution in [2.45, 2.75) is 45.1 Å². The molecule has 5 heteroatoms. The standard InChI is InChI=1S/C14H25N3O2/c1-10(18)16-9-11-5-7-17(8-6-11)13(19)14(2,15)12-3-4-12/h11-12H,3-9,15H2,1-2H3,(H,16,18). The monoisotopic (exact) mass is 267 g/mol. The number of amides is 2. The summed E-state index contributed by atoms with van der Waals surface area (Å²) in [5.41, 5.74) is 5.51. The predicted molar refractivity (Wildman–Crippen MR) is 73.3 cm³/mol. The Balaban J connectivity index is 1.79. The quantitative estimate of drug-likeness (QED) is 0.778. The molecule has 19 heavy (non-hydrogen) atoms. The maximum absolute atomic E-state index is 12.4. The van der Waals surface area contributed by atoms with Crippen LogP contribution >= 0.6 is 0 Å². The summed E-state index contributed by atoms with van der Waals surface area (Å²) in [6.45, 7) is 5.66. The van der Waals surface area contributed by atoms with Gasteiger partial charge in [-0.1, -0.05) is 0 Å². The van der Waals surface area contributed by atoms with E-state index in [9.17, 15) is 9.59 Å². The average molecular weight is 267 g/mol. The third-order valence-electron chi connectivity index (χ3n) is 4.43. The van der Waals surface area contributed by atoms with E-state index in [0.717, 1.165) is 45.3 Å². The summed E-state index contributed by atoms with van der Waals surface area (Å²) in [6, 6.07) is 0. The fourth-order valence-electron chi connectivity index (χ4n) is 2.83. The molecule has 1 heterocycles. The molecule has 1 aliphatic heterocycles. The molecule has 1 aliphatic carbocycles. The lowest BCUT2D eigenvalue weighted by molar-refractivity contribution is -0.138. The van der Waals surface area contributed by atoms with Gasteiger partial charge in [-0.15, -0.1) is 0 Å². The Labute approximate surface area is 114 Å². The number of nitrogens with zero attached hydrogens (tertiary/aromatic N) is 1. The van der Waals surface area contributed by atoms with Crippen molar-refractivity contribution in [1.29, 1.82) is 0 Å². The smallest absolute Gasteiger partial charge is 0.242 e. The van der Waals surface area contributed by atoms with Gasteiger partial charge in [-0.05, 0) is 44.4 Å². The van der Waals surface area contributed by atoms with Crippen LogP contribution in [0.4, 0.5) is 0 Å². The molecule has 2 aliphatic rings. The zero-order valence-corrected chi connectivity index (χ0v) is 11.9. The maximum Gasteiger partial charge on any atom is 0.242 e. The van der Waals surface area contributed by atoms with Gasteiger partial charge in [0.05, 0.1) is 5.54 Å². The van der Waals surface area contributed by atoms with E-state index < -0.39 is 5.54 Å². The van der Waals surface area contributed by atoms with Crippen LogP contribution < -0.4 is 11.1 Å². The Morgan fingerprint density at radius 2 is 1.84 bits per heavy atom. The van der Waals surface area contributed by atoms with E-state index in [-0.39, 0.29) is 11.8 Å². The van der Waals surface area contributed by atoms with Gasteiger partial charge in [0.15, 0.2) is 0 Å². The largest absolute Gasteiger partial charge is 0.356 e. The van der Waals surface area contributed by atoms with E-state index in [1.54, 1.807) is 0 Å². The normalized spacial score (nSPS) is 23.8. The molecule has 2 amide bonds. The van der Waals surface area contributed by atoms with Gasteiger partial charge < -0.3 is 16.0 Å². The minimum Gasteiger partial charge on any atom is -0.356 e. The summed E-state index contributed by atoms with van der Waals surface area (Å²) in [5.74, 6) is 0.977. The first-order valence-electron chi connectivity index (χ1n) is 7.24. The molecule has 5 nitrogen and oxygen atoms in total. The first-order valence-corrected chi connectivity index (χ1v) is 7.24. The zero-order chi connectivity index (χ0) is 14.0. The van der Waals surface area contributed by atoms with Crippen LogP contribution in [0.3, 0.4) is 0 Å². The molecular weight excluding hydrogens is 242 g/mol. The molecule has 3 N–H and O–H groups in total. The number of carbonyl (C=O) groups is 2. The third kappa shape index (κ3) is 3.47. The zero-order valence-electron chi connectivity index (χ0n) is 11.9. The lowest BCUT2D eigenvalue weighted by Crippen LogP contribution is -2.56. The molecule has 1 unspecified atom stereocenters. The molecule has 108 valence electrons. The van der Waals surface area contributed by atoms with Crippen LogP contribution in [0.25, 0.3) is 0 Å². The molecule has 0 aromatic carbocycles. The van der Waals surface area contributed by atoms with E-state index in [1.165, 1.54) is 6.92 Å². The lowest BCUT2D eigenvalue weighted by atomic mass is 9.91. The number of likely N-dealkylation sites (tertiary alicyclic amines) is 1. The van der Waals surface area contributed by atoms with Gasteiger partial charge in [0.25, 0.3) is 0 Å². The summed E-state index contributed by atoms with van der Waals surface area (Å²) in [4.78, 5) is 25.2. The van der Waals surface area contributed by atoms with Crippen molar-refractivity contribution in [2.24, 2.45) is 17.6 Å². The highest BCUT2D eigenvalue weighted by Gasteiger charge is 2.46. The molecule has 0 bridgehead atoms. The molecule has 2 rings (SSSR count). The number of nitrogens with two attached hydrogens (primary N) is 1. The minimum absolute atomic E-state index is 0.0155.